The monoisotopic (exact) mass is 345 g/mol. The van der Waals surface area contributed by atoms with Crippen LogP contribution in [0.25, 0.3) is 5.69 Å². The van der Waals surface area contributed by atoms with Gasteiger partial charge in [-0.15, -0.1) is 0 Å². The molecule has 6 heteroatoms. The number of benzene rings is 1. The minimum Gasteiger partial charge on any atom is -0.377 e. The first-order valence-corrected chi connectivity index (χ1v) is 8.38. The highest BCUT2D eigenvalue weighted by atomic mass is 35.5. The van der Waals surface area contributed by atoms with E-state index in [1.54, 1.807) is 16.8 Å². The standard InChI is InChI=1S/C18H20ClN3O2/c1-13-12-16(21-22(13)17-5-3-2-4-15(17)19)18(23)20-9-6-14-7-10-24-11-8-14/h2-5,7,12H,6,8-11H2,1H3,(H,20,23). The van der Waals surface area contributed by atoms with Crippen LogP contribution in [0.3, 0.4) is 0 Å². The van der Waals surface area contributed by atoms with Crippen molar-refractivity contribution in [2.24, 2.45) is 0 Å². The molecule has 0 atom stereocenters. The summed E-state index contributed by atoms with van der Waals surface area (Å²) in [5.41, 5.74) is 3.36. The molecule has 0 spiro atoms. The van der Waals surface area contributed by atoms with E-state index in [9.17, 15) is 4.79 Å². The number of carbonyl (C=O) groups excluding carboxylic acids is 1. The van der Waals surface area contributed by atoms with Gasteiger partial charge in [-0.1, -0.05) is 35.4 Å². The summed E-state index contributed by atoms with van der Waals surface area (Å²) in [7, 11) is 0. The van der Waals surface area contributed by atoms with Crippen molar-refractivity contribution in [1.29, 1.82) is 0 Å². The van der Waals surface area contributed by atoms with E-state index in [4.69, 9.17) is 16.3 Å². The van der Waals surface area contributed by atoms with Crippen LogP contribution in [0.5, 0.6) is 0 Å². The van der Waals surface area contributed by atoms with E-state index in [0.717, 1.165) is 30.8 Å². The highest BCUT2D eigenvalue weighted by Gasteiger charge is 2.14. The average molecular weight is 346 g/mol. The van der Waals surface area contributed by atoms with Crippen LogP contribution in [-0.2, 0) is 4.74 Å². The molecule has 1 aromatic heterocycles. The summed E-state index contributed by atoms with van der Waals surface area (Å²) >= 11 is 6.21. The zero-order valence-corrected chi connectivity index (χ0v) is 14.3. The summed E-state index contributed by atoms with van der Waals surface area (Å²) < 4.78 is 6.97. The van der Waals surface area contributed by atoms with E-state index in [2.05, 4.69) is 16.5 Å². The Morgan fingerprint density at radius 2 is 2.25 bits per heavy atom. The lowest BCUT2D eigenvalue weighted by Crippen LogP contribution is -2.25. The molecule has 0 saturated carbocycles. The second kappa shape index (κ2) is 7.64. The van der Waals surface area contributed by atoms with Gasteiger partial charge in [-0.2, -0.15) is 5.10 Å². The number of aromatic nitrogens is 2. The Morgan fingerprint density at radius 1 is 1.42 bits per heavy atom. The van der Waals surface area contributed by atoms with E-state index < -0.39 is 0 Å². The van der Waals surface area contributed by atoms with Crippen molar-refractivity contribution in [2.45, 2.75) is 19.8 Å². The van der Waals surface area contributed by atoms with Crippen molar-refractivity contribution >= 4 is 17.5 Å². The summed E-state index contributed by atoms with van der Waals surface area (Å²) in [4.78, 5) is 12.3. The average Bonchev–Trinajstić information content (AvgIpc) is 2.98. The minimum atomic E-state index is -0.170. The van der Waals surface area contributed by atoms with Gasteiger partial charge < -0.3 is 10.1 Å². The lowest BCUT2D eigenvalue weighted by Gasteiger charge is -2.13. The van der Waals surface area contributed by atoms with Crippen LogP contribution < -0.4 is 5.32 Å². The maximum Gasteiger partial charge on any atom is 0.271 e. The van der Waals surface area contributed by atoms with E-state index in [1.807, 2.05) is 25.1 Å². The highest BCUT2D eigenvalue weighted by Crippen LogP contribution is 2.21. The van der Waals surface area contributed by atoms with Crippen LogP contribution in [0.2, 0.25) is 5.02 Å². The fourth-order valence-corrected chi connectivity index (χ4v) is 2.89. The van der Waals surface area contributed by atoms with Gasteiger partial charge in [-0.25, -0.2) is 4.68 Å². The maximum atomic E-state index is 12.3. The summed E-state index contributed by atoms with van der Waals surface area (Å²) in [5.74, 6) is -0.170. The summed E-state index contributed by atoms with van der Waals surface area (Å²) in [6.07, 6.45) is 3.88. The number of nitrogens with one attached hydrogen (secondary N) is 1. The second-order valence-corrected chi connectivity index (χ2v) is 6.13. The van der Waals surface area contributed by atoms with Crippen LogP contribution in [0.1, 0.15) is 29.0 Å². The van der Waals surface area contributed by atoms with E-state index in [1.165, 1.54) is 5.57 Å². The number of aryl methyl sites for hydroxylation is 1. The van der Waals surface area contributed by atoms with Gasteiger partial charge in [-0.05, 0) is 38.0 Å². The molecule has 126 valence electrons. The predicted molar refractivity (Wildman–Crippen MR) is 93.8 cm³/mol. The van der Waals surface area contributed by atoms with Crippen LogP contribution in [0.4, 0.5) is 0 Å². The summed E-state index contributed by atoms with van der Waals surface area (Å²) in [6.45, 7) is 3.94. The van der Waals surface area contributed by atoms with Gasteiger partial charge in [0.2, 0.25) is 0 Å². The largest absolute Gasteiger partial charge is 0.377 e. The normalized spacial score (nSPS) is 14.3. The molecule has 2 heterocycles. The highest BCUT2D eigenvalue weighted by molar-refractivity contribution is 6.32. The Balaban J connectivity index is 1.65. The smallest absolute Gasteiger partial charge is 0.271 e. The molecule has 5 nitrogen and oxygen atoms in total. The fourth-order valence-electron chi connectivity index (χ4n) is 2.67. The SMILES string of the molecule is Cc1cc(C(=O)NCCC2=CCOCC2)nn1-c1ccccc1Cl. The van der Waals surface area contributed by atoms with Gasteiger partial charge in [-0.3, -0.25) is 4.79 Å². The Bertz CT molecular complexity index is 767. The quantitative estimate of drug-likeness (QED) is 0.846. The molecule has 1 amide bonds. The second-order valence-electron chi connectivity index (χ2n) is 5.73. The molecule has 0 radical (unpaired) electrons. The lowest BCUT2D eigenvalue weighted by atomic mass is 10.1. The van der Waals surface area contributed by atoms with Crippen LogP contribution in [0.15, 0.2) is 42.0 Å². The molecule has 2 aromatic rings. The number of carbonyl (C=O) groups is 1. The third-order valence-corrected chi connectivity index (χ3v) is 4.31. The van der Waals surface area contributed by atoms with E-state index in [0.29, 0.717) is 23.9 Å². The molecule has 3 rings (SSSR count). The molecule has 1 aliphatic heterocycles. The van der Waals surface area contributed by atoms with E-state index >= 15 is 0 Å². The lowest BCUT2D eigenvalue weighted by molar-refractivity contribution is 0.0948. The Hall–Kier alpha value is -2.11. The third kappa shape index (κ3) is 3.86. The number of amides is 1. The number of nitrogens with zero attached hydrogens (tertiary/aromatic N) is 2. The molecular formula is C18H20ClN3O2. The van der Waals surface area contributed by atoms with Gasteiger partial charge >= 0.3 is 0 Å². The van der Waals surface area contributed by atoms with Crippen molar-refractivity contribution in [3.05, 3.63) is 58.4 Å². The van der Waals surface area contributed by atoms with Gasteiger partial charge in [0.05, 0.1) is 23.9 Å². The first-order valence-electron chi connectivity index (χ1n) is 8.00. The maximum absolute atomic E-state index is 12.3. The first-order chi connectivity index (χ1) is 11.6. The number of rotatable bonds is 5. The Morgan fingerprint density at radius 3 is 3.00 bits per heavy atom. The summed E-state index contributed by atoms with van der Waals surface area (Å²) in [5, 5.41) is 7.91. The molecule has 24 heavy (non-hydrogen) atoms. The topological polar surface area (TPSA) is 56.1 Å². The zero-order valence-electron chi connectivity index (χ0n) is 13.6. The minimum absolute atomic E-state index is 0.170. The van der Waals surface area contributed by atoms with Gasteiger partial charge in [0.15, 0.2) is 5.69 Å². The number of ether oxygens (including phenoxy) is 1. The molecule has 1 N–H and O–H groups in total. The molecule has 0 saturated heterocycles. The van der Waals surface area contributed by atoms with Crippen molar-refractivity contribution in [3.8, 4) is 5.69 Å². The number of hydrogen-bond acceptors (Lipinski definition) is 3. The van der Waals surface area contributed by atoms with Gasteiger partial charge in [0.1, 0.15) is 0 Å². The number of hydrogen-bond donors (Lipinski definition) is 1. The third-order valence-electron chi connectivity index (χ3n) is 3.99. The molecule has 0 unspecified atom stereocenters. The summed E-state index contributed by atoms with van der Waals surface area (Å²) in [6, 6.07) is 9.21. The first kappa shape index (κ1) is 16.7. The predicted octanol–water partition coefficient (Wildman–Crippen LogP) is 3.30. The molecular weight excluding hydrogens is 326 g/mol. The molecule has 0 aliphatic carbocycles. The molecule has 1 aliphatic rings. The number of halogens is 1. The molecule has 1 aromatic carbocycles. The Kier molecular flexibility index (Phi) is 5.33. The van der Waals surface area contributed by atoms with Gasteiger partial charge in [0, 0.05) is 12.2 Å². The van der Waals surface area contributed by atoms with Crippen LogP contribution in [-0.4, -0.2) is 35.4 Å². The van der Waals surface area contributed by atoms with Crippen molar-refractivity contribution < 1.29 is 9.53 Å². The molecule has 0 fully saturated rings. The Labute approximate surface area is 146 Å². The molecule has 0 bridgehead atoms. The zero-order chi connectivity index (χ0) is 16.9. The van der Waals surface area contributed by atoms with E-state index in [-0.39, 0.29) is 5.91 Å². The van der Waals surface area contributed by atoms with Crippen LogP contribution >= 0.6 is 11.6 Å². The van der Waals surface area contributed by atoms with Crippen molar-refractivity contribution in [3.63, 3.8) is 0 Å². The number of para-hydroxylation sites is 1. The van der Waals surface area contributed by atoms with Crippen molar-refractivity contribution in [1.82, 2.24) is 15.1 Å². The fraction of sp³-hybridized carbons (Fsp3) is 0.333. The van der Waals surface area contributed by atoms with Gasteiger partial charge in [0.25, 0.3) is 5.91 Å². The van der Waals surface area contributed by atoms with Crippen LogP contribution in [0, 0.1) is 6.92 Å². The van der Waals surface area contributed by atoms with Crippen molar-refractivity contribution in [2.75, 3.05) is 19.8 Å².